The van der Waals surface area contributed by atoms with Crippen LogP contribution in [-0.2, 0) is 4.79 Å². The predicted octanol–water partition coefficient (Wildman–Crippen LogP) is -0.488. The monoisotopic (exact) mass is 350 g/mol. The molecule has 7 nitrogen and oxygen atoms in total. The van der Waals surface area contributed by atoms with E-state index in [4.69, 9.17) is 43.5 Å². The Morgan fingerprint density at radius 1 is 1.46 bits per heavy atom. The molecule has 0 bridgehead atoms. The molecule has 0 unspecified atom stereocenters. The Hall–Kier alpha value is -2.32. The molecule has 0 spiro atoms. The number of carbonyl (C=O) groups is 1. The third kappa shape index (κ3) is 5.71. The third-order valence-corrected chi connectivity index (χ3v) is 2.68. The molecule has 0 fully saturated rings. The van der Waals surface area contributed by atoms with Crippen LogP contribution in [0, 0.1) is 5.82 Å². The van der Waals surface area contributed by atoms with Gasteiger partial charge in [0.1, 0.15) is 26.5 Å². The van der Waals surface area contributed by atoms with Gasteiger partial charge in [0.25, 0.3) is 5.91 Å². The van der Waals surface area contributed by atoms with E-state index in [1.165, 1.54) is 25.3 Å². The summed E-state index contributed by atoms with van der Waals surface area (Å²) in [5.41, 5.74) is 8.14. The van der Waals surface area contributed by atoms with Crippen LogP contribution in [0.25, 0.3) is 0 Å². The van der Waals surface area contributed by atoms with Crippen molar-refractivity contribution in [3.63, 3.8) is 0 Å². The Labute approximate surface area is 145 Å². The van der Waals surface area contributed by atoms with Crippen LogP contribution >= 0.6 is 11.6 Å². The lowest BCUT2D eigenvalue weighted by Gasteiger charge is -2.21. The smallest absolute Gasteiger partial charge is 0.270 e. The van der Waals surface area contributed by atoms with Crippen molar-refractivity contribution in [2.75, 3.05) is 12.4 Å². The first-order chi connectivity index (χ1) is 11.0. The maximum absolute atomic E-state index is 13.7. The van der Waals surface area contributed by atoms with Gasteiger partial charge >= 0.3 is 0 Å². The van der Waals surface area contributed by atoms with Crippen LogP contribution in [0.4, 0.5) is 10.1 Å². The number of hydrogen-bond donors (Lipinski definition) is 5. The summed E-state index contributed by atoms with van der Waals surface area (Å²) in [5, 5.41) is 13.5. The number of nitrogens with two attached hydrogens (primary N) is 2. The van der Waals surface area contributed by atoms with Crippen molar-refractivity contribution in [2.24, 2.45) is 11.5 Å². The summed E-state index contributed by atoms with van der Waals surface area (Å²) in [6.45, 7) is 0. The summed E-state index contributed by atoms with van der Waals surface area (Å²) >= 11 is 5.60. The van der Waals surface area contributed by atoms with Crippen molar-refractivity contribution in [1.82, 2.24) is 5.32 Å². The first-order valence-electron chi connectivity index (χ1n) is 6.39. The fraction of sp³-hybridized carbons (Fsp3) is 0.154. The minimum absolute atomic E-state index is 0.104. The van der Waals surface area contributed by atoms with E-state index in [0.29, 0.717) is 0 Å². The summed E-state index contributed by atoms with van der Waals surface area (Å²) in [7, 11) is 11.4. The number of carbonyl (C=O) groups excluding carboxylic acids is 1. The number of allylic oxidation sites excluding steroid dienone is 1. The topological polar surface area (TPSA) is 123 Å². The molecule has 1 amide bonds. The summed E-state index contributed by atoms with van der Waals surface area (Å²) in [5.74, 6) is -1.79. The minimum Gasteiger partial charge on any atom is -0.492 e. The number of nitrogens with one attached hydrogen (secondary N) is 2. The van der Waals surface area contributed by atoms with E-state index in [1.807, 2.05) is 5.32 Å². The number of hydrogen-bond acceptors (Lipinski definition) is 6. The maximum Gasteiger partial charge on any atom is 0.270 e. The lowest BCUT2D eigenvalue weighted by Crippen LogP contribution is -2.51. The van der Waals surface area contributed by atoms with Crippen LogP contribution in [0.3, 0.4) is 0 Å². The minimum atomic E-state index is -2.49. The third-order valence-electron chi connectivity index (χ3n) is 2.57. The van der Waals surface area contributed by atoms with E-state index in [0.717, 1.165) is 6.08 Å². The lowest BCUT2D eigenvalue weighted by molar-refractivity contribution is -0.119. The van der Waals surface area contributed by atoms with Crippen molar-refractivity contribution in [3.05, 3.63) is 46.6 Å². The average molecular weight is 350 g/mol. The molecule has 1 aromatic rings. The van der Waals surface area contributed by atoms with Crippen LogP contribution in [0.5, 0.6) is 5.75 Å². The summed E-state index contributed by atoms with van der Waals surface area (Å²) in [4.78, 5) is 11.9. The lowest BCUT2D eigenvalue weighted by atomic mass is 9.73. The Morgan fingerprint density at radius 3 is 2.58 bits per heavy atom. The Morgan fingerprint density at radius 2 is 2.08 bits per heavy atom. The quantitative estimate of drug-likeness (QED) is 0.155. The number of methoxy groups -OCH3 is 1. The fourth-order valence-electron chi connectivity index (χ4n) is 1.65. The van der Waals surface area contributed by atoms with Crippen LogP contribution in [0.15, 0.2) is 40.8 Å². The average Bonchev–Trinajstić information content (AvgIpc) is 2.43. The largest absolute Gasteiger partial charge is 0.492 e. The van der Waals surface area contributed by atoms with Gasteiger partial charge in [-0.15, -0.1) is 0 Å². The number of anilines is 1. The molecule has 0 aliphatic carbocycles. The molecule has 24 heavy (non-hydrogen) atoms. The highest BCUT2D eigenvalue weighted by Gasteiger charge is 2.20. The molecule has 0 aliphatic rings. The standard InChI is InChI=1S/C13H14B2ClFN4O3/c1-24-11-6(17)3-2-4-7(11)20-8(5-9(16)18)10(19)12(22)21-13(14,15)23/h2-5,20,23H,18-19H2,1H3,(H,21,22)/b9-5-,10-8+. The molecule has 11 heteroatoms. The van der Waals surface area contributed by atoms with Crippen LogP contribution in [0.2, 0.25) is 0 Å². The molecule has 124 valence electrons. The predicted molar refractivity (Wildman–Crippen MR) is 90.5 cm³/mol. The van der Waals surface area contributed by atoms with Gasteiger partial charge in [0.2, 0.25) is 0 Å². The van der Waals surface area contributed by atoms with Crippen molar-refractivity contribution < 1.29 is 19.0 Å². The van der Waals surface area contributed by atoms with E-state index in [1.54, 1.807) is 0 Å². The fourth-order valence-corrected chi connectivity index (χ4v) is 1.76. The first-order valence-corrected chi connectivity index (χ1v) is 6.77. The van der Waals surface area contributed by atoms with E-state index < -0.39 is 22.9 Å². The Bertz CT molecular complexity index is 688. The molecule has 7 N–H and O–H groups in total. The molecule has 0 aliphatic heterocycles. The van der Waals surface area contributed by atoms with Crippen molar-refractivity contribution in [1.29, 1.82) is 0 Å². The highest BCUT2D eigenvalue weighted by molar-refractivity contribution is 6.39. The SMILES string of the molecule is [B]C([B])(O)NC(=O)/C(N)=C(/C=C(\N)Cl)Nc1cccc(F)c1OC. The van der Waals surface area contributed by atoms with Gasteiger partial charge in [-0.25, -0.2) is 4.39 Å². The zero-order chi connectivity index (χ0) is 18.5. The molecule has 0 aromatic heterocycles. The number of halogens is 2. The van der Waals surface area contributed by atoms with Gasteiger partial charge in [0.05, 0.1) is 18.5 Å². The molecular weight excluding hydrogens is 336 g/mol. The van der Waals surface area contributed by atoms with Gasteiger partial charge in [-0.3, -0.25) is 4.79 Å². The Balaban J connectivity index is 3.29. The van der Waals surface area contributed by atoms with Gasteiger partial charge in [0, 0.05) is 5.52 Å². The van der Waals surface area contributed by atoms with Gasteiger partial charge < -0.3 is 31.9 Å². The van der Waals surface area contributed by atoms with Crippen molar-refractivity contribution in [3.8, 4) is 5.75 Å². The normalized spacial score (nSPS) is 13.1. The summed E-state index contributed by atoms with van der Waals surface area (Å²) in [6, 6.07) is 4.05. The highest BCUT2D eigenvalue weighted by Crippen LogP contribution is 2.29. The van der Waals surface area contributed by atoms with Gasteiger partial charge in [-0.1, -0.05) is 17.7 Å². The van der Waals surface area contributed by atoms with E-state index in [9.17, 15) is 14.3 Å². The molecule has 0 saturated carbocycles. The number of ether oxygens (including phenoxy) is 1. The number of amides is 1. The molecule has 0 atom stereocenters. The first kappa shape index (κ1) is 19.7. The van der Waals surface area contributed by atoms with Crippen LogP contribution in [-0.4, -0.2) is 39.3 Å². The van der Waals surface area contributed by atoms with E-state index in [2.05, 4.69) is 5.32 Å². The summed E-state index contributed by atoms with van der Waals surface area (Å²) < 4.78 is 18.7. The summed E-state index contributed by atoms with van der Waals surface area (Å²) in [6.07, 6.45) is 1.10. The number of benzene rings is 1. The number of aliphatic hydroxyl groups is 1. The number of rotatable bonds is 6. The van der Waals surface area contributed by atoms with E-state index >= 15 is 0 Å². The van der Waals surface area contributed by atoms with Gasteiger partial charge in [0.15, 0.2) is 11.6 Å². The van der Waals surface area contributed by atoms with Gasteiger partial charge in [-0.2, -0.15) is 0 Å². The zero-order valence-electron chi connectivity index (χ0n) is 12.6. The molecule has 0 heterocycles. The second-order valence-corrected chi connectivity index (χ2v) is 5.02. The molecule has 4 radical (unpaired) electrons. The molecule has 1 rings (SSSR count). The number of para-hydroxylation sites is 1. The molecule has 1 aromatic carbocycles. The molecule has 0 saturated heterocycles. The molecular formula is C13H14B2ClFN4O3. The van der Waals surface area contributed by atoms with Crippen LogP contribution < -0.4 is 26.8 Å². The van der Waals surface area contributed by atoms with E-state index in [-0.39, 0.29) is 22.3 Å². The van der Waals surface area contributed by atoms with Crippen molar-refractivity contribution in [2.45, 2.75) is 5.52 Å². The van der Waals surface area contributed by atoms with Gasteiger partial charge in [-0.05, 0) is 18.2 Å². The highest BCUT2D eigenvalue weighted by atomic mass is 35.5. The second kappa shape index (κ2) is 7.98. The maximum atomic E-state index is 13.7. The Kier molecular flexibility index (Phi) is 6.56. The zero-order valence-corrected chi connectivity index (χ0v) is 13.4. The second-order valence-electron chi connectivity index (χ2n) is 4.58. The van der Waals surface area contributed by atoms with Crippen molar-refractivity contribution >= 4 is 38.9 Å². The van der Waals surface area contributed by atoms with Crippen LogP contribution in [0.1, 0.15) is 0 Å².